The smallest absolute Gasteiger partial charge is 0.250 e. The molecule has 0 radical (unpaired) electrons. The van der Waals surface area contributed by atoms with E-state index in [1.54, 1.807) is 19.2 Å². The molecule has 1 aromatic carbocycles. The van der Waals surface area contributed by atoms with Crippen LogP contribution in [0.4, 0.5) is 4.39 Å². The monoisotopic (exact) mass is 275 g/mol. The van der Waals surface area contributed by atoms with Gasteiger partial charge in [0.1, 0.15) is 18.2 Å². The molecule has 0 fully saturated rings. The largest absolute Gasteiger partial charge is 0.487 e. The lowest BCUT2D eigenvalue weighted by molar-refractivity contribution is 0.289. The van der Waals surface area contributed by atoms with E-state index in [-0.39, 0.29) is 23.9 Å². The van der Waals surface area contributed by atoms with Gasteiger partial charge in [-0.25, -0.2) is 4.39 Å². The molecule has 0 aliphatic heterocycles. The van der Waals surface area contributed by atoms with E-state index < -0.39 is 0 Å². The van der Waals surface area contributed by atoms with Gasteiger partial charge in [0.05, 0.1) is 5.69 Å². The Balaban J connectivity index is 2.24. The number of nitrogens with zero attached hydrogens (tertiary/aromatic N) is 1. The van der Waals surface area contributed by atoms with Crippen molar-refractivity contribution in [3.05, 3.63) is 63.8 Å². The average molecular weight is 275 g/mol. The molecule has 2 rings (SSSR count). The summed E-state index contributed by atoms with van der Waals surface area (Å²) >= 11 is 0. The number of hydrogen-bond acceptors (Lipinski definition) is 2. The first-order valence-electron chi connectivity index (χ1n) is 6.56. The zero-order valence-electron chi connectivity index (χ0n) is 11.9. The van der Waals surface area contributed by atoms with Crippen LogP contribution in [-0.4, -0.2) is 4.57 Å². The van der Waals surface area contributed by atoms with Crippen LogP contribution in [0.2, 0.25) is 0 Å². The third-order valence-corrected chi connectivity index (χ3v) is 3.26. The van der Waals surface area contributed by atoms with Gasteiger partial charge in [-0.05, 0) is 23.6 Å². The van der Waals surface area contributed by atoms with E-state index in [4.69, 9.17) is 4.74 Å². The number of ether oxygens (including phenoxy) is 1. The second-order valence-electron chi connectivity index (χ2n) is 5.04. The number of hydrogen-bond donors (Lipinski definition) is 0. The van der Waals surface area contributed by atoms with Crippen molar-refractivity contribution < 1.29 is 9.13 Å². The molecule has 0 bridgehead atoms. The van der Waals surface area contributed by atoms with Gasteiger partial charge < -0.3 is 9.30 Å². The van der Waals surface area contributed by atoms with Crippen LogP contribution in [0, 0.1) is 5.82 Å². The molecule has 0 spiro atoms. The van der Waals surface area contributed by atoms with Gasteiger partial charge in [-0.2, -0.15) is 0 Å². The molecule has 0 atom stereocenters. The van der Waals surface area contributed by atoms with Crippen molar-refractivity contribution in [1.29, 1.82) is 0 Å². The molecular formula is C16H18FNO2. The topological polar surface area (TPSA) is 31.2 Å². The number of rotatable bonds is 4. The van der Waals surface area contributed by atoms with Crippen molar-refractivity contribution in [2.75, 3.05) is 0 Å². The quantitative estimate of drug-likeness (QED) is 0.858. The second-order valence-corrected chi connectivity index (χ2v) is 5.04. The summed E-state index contributed by atoms with van der Waals surface area (Å²) in [6.45, 7) is 4.28. The highest BCUT2D eigenvalue weighted by molar-refractivity contribution is 5.36. The van der Waals surface area contributed by atoms with E-state index in [0.29, 0.717) is 5.75 Å². The first-order chi connectivity index (χ1) is 9.49. The Bertz CT molecular complexity index is 662. The lowest BCUT2D eigenvalue weighted by atomic mass is 10.0. The number of aromatic nitrogens is 1. The number of halogens is 1. The standard InChI is InChI=1S/C16H18FNO2/c1-11(2)14-8-7-12(17)9-15(14)20-10-13-5-4-6-16(19)18(13)3/h4-9,11H,10H2,1-3H3. The highest BCUT2D eigenvalue weighted by Crippen LogP contribution is 2.27. The van der Waals surface area contributed by atoms with Crippen molar-refractivity contribution >= 4 is 0 Å². The number of benzene rings is 1. The molecule has 0 aliphatic rings. The molecule has 3 nitrogen and oxygen atoms in total. The lowest BCUT2D eigenvalue weighted by Gasteiger charge is -2.15. The van der Waals surface area contributed by atoms with Gasteiger partial charge in [0.15, 0.2) is 0 Å². The molecule has 0 N–H and O–H groups in total. The van der Waals surface area contributed by atoms with Gasteiger partial charge >= 0.3 is 0 Å². The summed E-state index contributed by atoms with van der Waals surface area (Å²) in [7, 11) is 1.69. The summed E-state index contributed by atoms with van der Waals surface area (Å²) in [5.41, 5.74) is 1.61. The fourth-order valence-electron chi connectivity index (χ4n) is 2.01. The van der Waals surface area contributed by atoms with Crippen LogP contribution in [0.1, 0.15) is 31.0 Å². The van der Waals surface area contributed by atoms with Crippen molar-refractivity contribution in [2.45, 2.75) is 26.4 Å². The fourth-order valence-corrected chi connectivity index (χ4v) is 2.01. The fraction of sp³-hybridized carbons (Fsp3) is 0.312. The van der Waals surface area contributed by atoms with Crippen molar-refractivity contribution in [2.24, 2.45) is 7.05 Å². The summed E-state index contributed by atoms with van der Waals surface area (Å²) < 4.78 is 20.6. The molecule has 0 aliphatic carbocycles. The van der Waals surface area contributed by atoms with Crippen LogP contribution in [0.25, 0.3) is 0 Å². The van der Waals surface area contributed by atoms with Crippen LogP contribution in [0.5, 0.6) is 5.75 Å². The average Bonchev–Trinajstić information content (AvgIpc) is 2.40. The molecule has 20 heavy (non-hydrogen) atoms. The Morgan fingerprint density at radius 2 is 2.00 bits per heavy atom. The van der Waals surface area contributed by atoms with Crippen molar-refractivity contribution in [1.82, 2.24) is 4.57 Å². The zero-order chi connectivity index (χ0) is 14.7. The van der Waals surface area contributed by atoms with Gasteiger partial charge in [-0.15, -0.1) is 0 Å². The maximum absolute atomic E-state index is 13.3. The first-order valence-corrected chi connectivity index (χ1v) is 6.56. The Labute approximate surface area is 117 Å². The summed E-state index contributed by atoms with van der Waals surface area (Å²) in [5, 5.41) is 0. The minimum absolute atomic E-state index is 0.0885. The highest BCUT2D eigenvalue weighted by atomic mass is 19.1. The van der Waals surface area contributed by atoms with Gasteiger partial charge in [0.2, 0.25) is 0 Å². The van der Waals surface area contributed by atoms with Crippen LogP contribution in [-0.2, 0) is 13.7 Å². The van der Waals surface area contributed by atoms with E-state index in [0.717, 1.165) is 11.3 Å². The van der Waals surface area contributed by atoms with E-state index >= 15 is 0 Å². The van der Waals surface area contributed by atoms with Gasteiger partial charge in [-0.1, -0.05) is 26.0 Å². The van der Waals surface area contributed by atoms with Crippen LogP contribution in [0.15, 0.2) is 41.2 Å². The minimum Gasteiger partial charge on any atom is -0.487 e. The van der Waals surface area contributed by atoms with Gasteiger partial charge in [0.25, 0.3) is 5.56 Å². The third kappa shape index (κ3) is 3.07. The van der Waals surface area contributed by atoms with E-state index in [1.807, 2.05) is 19.9 Å². The van der Waals surface area contributed by atoms with Crippen LogP contribution in [0.3, 0.4) is 0 Å². The molecule has 0 amide bonds. The van der Waals surface area contributed by atoms with Crippen molar-refractivity contribution in [3.63, 3.8) is 0 Å². The van der Waals surface area contributed by atoms with Crippen LogP contribution < -0.4 is 10.3 Å². The molecule has 0 saturated carbocycles. The van der Waals surface area contributed by atoms with Gasteiger partial charge in [0, 0.05) is 19.2 Å². The first kappa shape index (κ1) is 14.3. The Hall–Kier alpha value is -2.10. The maximum Gasteiger partial charge on any atom is 0.250 e. The third-order valence-electron chi connectivity index (χ3n) is 3.26. The predicted molar refractivity (Wildman–Crippen MR) is 76.5 cm³/mol. The van der Waals surface area contributed by atoms with E-state index in [1.165, 1.54) is 22.8 Å². The Morgan fingerprint density at radius 1 is 1.25 bits per heavy atom. The normalized spacial score (nSPS) is 10.8. The maximum atomic E-state index is 13.3. The van der Waals surface area contributed by atoms with E-state index in [9.17, 15) is 9.18 Å². The lowest BCUT2D eigenvalue weighted by Crippen LogP contribution is -2.19. The highest BCUT2D eigenvalue weighted by Gasteiger charge is 2.10. The summed E-state index contributed by atoms with van der Waals surface area (Å²) in [6, 6.07) is 9.55. The summed E-state index contributed by atoms with van der Waals surface area (Å²) in [5.74, 6) is 0.438. The Kier molecular flexibility index (Phi) is 4.23. The molecule has 2 aromatic rings. The van der Waals surface area contributed by atoms with Crippen molar-refractivity contribution in [3.8, 4) is 5.75 Å². The molecule has 106 valence electrons. The molecule has 0 saturated heterocycles. The Morgan fingerprint density at radius 3 is 2.70 bits per heavy atom. The van der Waals surface area contributed by atoms with Gasteiger partial charge in [-0.3, -0.25) is 4.79 Å². The second kappa shape index (κ2) is 5.90. The summed E-state index contributed by atoms with van der Waals surface area (Å²) in [6.07, 6.45) is 0. The SMILES string of the molecule is CC(C)c1ccc(F)cc1OCc1cccc(=O)n1C. The molecule has 4 heteroatoms. The molecule has 1 aromatic heterocycles. The summed E-state index contributed by atoms with van der Waals surface area (Å²) in [4.78, 5) is 11.5. The zero-order valence-corrected chi connectivity index (χ0v) is 11.9. The van der Waals surface area contributed by atoms with Crippen LogP contribution >= 0.6 is 0 Å². The molecular weight excluding hydrogens is 257 g/mol. The molecule has 0 unspecified atom stereocenters. The van der Waals surface area contributed by atoms with E-state index in [2.05, 4.69) is 0 Å². The molecule has 1 heterocycles. The predicted octanol–water partition coefficient (Wildman–Crippen LogP) is 3.23. The number of pyridine rings is 1. The minimum atomic E-state index is -0.327.